The molecule has 12 heteroatoms. The molecule has 0 spiro atoms. The molecule has 7 nitrogen and oxygen atoms in total. The fourth-order valence-electron chi connectivity index (χ4n) is 4.37. The number of rotatable bonds is 5. The molecule has 0 saturated carbocycles. The predicted octanol–water partition coefficient (Wildman–Crippen LogP) is 4.55. The van der Waals surface area contributed by atoms with Crippen LogP contribution < -0.4 is 5.32 Å². The van der Waals surface area contributed by atoms with Crippen molar-refractivity contribution < 1.29 is 21.6 Å². The third-order valence-electron chi connectivity index (χ3n) is 6.15. The largest absolute Gasteiger partial charge is 0.433 e. The normalized spacial score (nSPS) is 18.7. The molecule has 2 aliphatic heterocycles. The van der Waals surface area contributed by atoms with Gasteiger partial charge in [0, 0.05) is 30.7 Å². The topological polar surface area (TPSA) is 77.9 Å². The first-order valence-electron chi connectivity index (χ1n) is 11.4. The smallest absolute Gasteiger partial charge is 0.341 e. The fourth-order valence-corrected chi connectivity index (χ4v) is 6.26. The maximum atomic E-state index is 12.9. The maximum absolute atomic E-state index is 12.9. The number of hydrogen-bond donors (Lipinski definition) is 1. The molecule has 0 atom stereocenters. The van der Waals surface area contributed by atoms with Crippen LogP contribution in [0.5, 0.6) is 0 Å². The number of amidine groups is 1. The van der Waals surface area contributed by atoms with Gasteiger partial charge in [0.25, 0.3) is 10.0 Å². The second-order valence-corrected chi connectivity index (χ2v) is 11.3. The molecule has 2 aromatic heterocycles. The van der Waals surface area contributed by atoms with E-state index in [0.717, 1.165) is 41.6 Å². The summed E-state index contributed by atoms with van der Waals surface area (Å²) in [6.07, 6.45) is -2.33. The van der Waals surface area contributed by atoms with Gasteiger partial charge in [0.2, 0.25) is 0 Å². The van der Waals surface area contributed by atoms with Gasteiger partial charge in [-0.15, -0.1) is 15.7 Å². The SMILES string of the molecule is O=S1(=O)N=C(CN2CCCN(Cc3ccc(C(F)(F)F)nc3)CC2)Nc2ccc(-c3cccs3)cc21. The molecule has 0 amide bonds. The van der Waals surface area contributed by atoms with Crippen LogP contribution in [0.15, 0.2) is 63.3 Å². The highest BCUT2D eigenvalue weighted by Gasteiger charge is 2.32. The van der Waals surface area contributed by atoms with E-state index >= 15 is 0 Å². The van der Waals surface area contributed by atoms with E-state index in [9.17, 15) is 21.6 Å². The number of thiophene rings is 1. The molecule has 190 valence electrons. The Morgan fingerprint density at radius 2 is 1.78 bits per heavy atom. The van der Waals surface area contributed by atoms with Crippen molar-refractivity contribution in [1.29, 1.82) is 0 Å². The molecule has 3 aromatic rings. The summed E-state index contributed by atoms with van der Waals surface area (Å²) < 4.78 is 68.1. The molecule has 0 radical (unpaired) electrons. The van der Waals surface area contributed by atoms with Crippen LogP contribution in [0.4, 0.5) is 18.9 Å². The number of alkyl halides is 3. The van der Waals surface area contributed by atoms with E-state index in [4.69, 9.17) is 0 Å². The zero-order valence-electron chi connectivity index (χ0n) is 19.2. The van der Waals surface area contributed by atoms with Crippen molar-refractivity contribution in [1.82, 2.24) is 14.8 Å². The third kappa shape index (κ3) is 5.61. The molecule has 1 aromatic carbocycles. The number of sulfonamides is 1. The Hall–Kier alpha value is -2.80. The minimum Gasteiger partial charge on any atom is -0.341 e. The number of pyridine rings is 1. The summed E-state index contributed by atoms with van der Waals surface area (Å²) in [5.41, 5.74) is 1.18. The number of hydrogen-bond acceptors (Lipinski definition) is 7. The van der Waals surface area contributed by atoms with Crippen molar-refractivity contribution in [3.63, 3.8) is 0 Å². The lowest BCUT2D eigenvalue weighted by atomic mass is 10.1. The molecule has 0 aliphatic carbocycles. The summed E-state index contributed by atoms with van der Waals surface area (Å²) >= 11 is 1.54. The average molecular weight is 536 g/mol. The zero-order valence-corrected chi connectivity index (χ0v) is 20.8. The highest BCUT2D eigenvalue weighted by molar-refractivity contribution is 7.90. The number of anilines is 1. The highest BCUT2D eigenvalue weighted by atomic mass is 32.2. The van der Waals surface area contributed by atoms with E-state index in [1.54, 1.807) is 23.5 Å². The van der Waals surface area contributed by atoms with E-state index in [1.165, 1.54) is 12.3 Å². The number of halogens is 3. The van der Waals surface area contributed by atoms with E-state index in [1.807, 2.05) is 23.6 Å². The van der Waals surface area contributed by atoms with Gasteiger partial charge in [0.1, 0.15) is 16.4 Å². The number of aromatic nitrogens is 1. The molecule has 1 fully saturated rings. The first-order valence-corrected chi connectivity index (χ1v) is 13.7. The summed E-state index contributed by atoms with van der Waals surface area (Å²) in [5, 5.41) is 5.13. The van der Waals surface area contributed by atoms with Gasteiger partial charge in [-0.1, -0.05) is 18.2 Å². The molecule has 1 N–H and O–H groups in total. The van der Waals surface area contributed by atoms with Crippen LogP contribution in [-0.2, 0) is 22.7 Å². The Bertz CT molecular complexity index is 1360. The highest BCUT2D eigenvalue weighted by Crippen LogP contribution is 2.34. The van der Waals surface area contributed by atoms with Gasteiger partial charge >= 0.3 is 6.18 Å². The van der Waals surface area contributed by atoms with Gasteiger partial charge in [-0.2, -0.15) is 21.6 Å². The lowest BCUT2D eigenvalue weighted by Gasteiger charge is -2.25. The minimum absolute atomic E-state index is 0.171. The molecule has 4 heterocycles. The van der Waals surface area contributed by atoms with Crippen LogP contribution in [0.1, 0.15) is 17.7 Å². The molecule has 0 bridgehead atoms. The number of benzene rings is 1. The summed E-state index contributed by atoms with van der Waals surface area (Å²) in [5.74, 6) is 0.381. The van der Waals surface area contributed by atoms with Crippen LogP contribution in [-0.4, -0.2) is 61.8 Å². The van der Waals surface area contributed by atoms with E-state index in [-0.39, 0.29) is 4.90 Å². The number of fused-ring (bicyclic) bond motifs is 1. The molecule has 2 aliphatic rings. The van der Waals surface area contributed by atoms with Gasteiger partial charge < -0.3 is 5.32 Å². The zero-order chi connectivity index (χ0) is 25.3. The van der Waals surface area contributed by atoms with Gasteiger partial charge in [0.05, 0.1) is 12.2 Å². The van der Waals surface area contributed by atoms with Gasteiger partial charge in [-0.25, -0.2) is 0 Å². The van der Waals surface area contributed by atoms with Crippen LogP contribution in [0.25, 0.3) is 10.4 Å². The fraction of sp³-hybridized carbons (Fsp3) is 0.333. The van der Waals surface area contributed by atoms with Gasteiger partial charge in [-0.05, 0) is 60.3 Å². The van der Waals surface area contributed by atoms with Crippen molar-refractivity contribution in [2.75, 3.05) is 38.0 Å². The van der Waals surface area contributed by atoms with Crippen molar-refractivity contribution in [2.24, 2.45) is 4.40 Å². The van der Waals surface area contributed by atoms with E-state index in [0.29, 0.717) is 37.7 Å². The van der Waals surface area contributed by atoms with E-state index < -0.39 is 21.9 Å². The van der Waals surface area contributed by atoms with Crippen molar-refractivity contribution in [2.45, 2.75) is 24.0 Å². The standard InChI is InChI=1S/C24H24F3N5O2S2/c25-24(26,27)22-7-4-17(14-28-22)15-31-8-2-9-32(11-10-31)16-23-29-19-6-5-18(20-3-1-12-35-20)13-21(19)36(33,34)30-23/h1,3-7,12-14H,2,8-11,15-16H2,(H,29,30). The van der Waals surface area contributed by atoms with Crippen LogP contribution in [0.3, 0.4) is 0 Å². The van der Waals surface area contributed by atoms with Crippen molar-refractivity contribution >= 4 is 32.9 Å². The van der Waals surface area contributed by atoms with Crippen LogP contribution in [0.2, 0.25) is 0 Å². The Morgan fingerprint density at radius 3 is 2.44 bits per heavy atom. The third-order valence-corrected chi connectivity index (χ3v) is 8.42. The van der Waals surface area contributed by atoms with Gasteiger partial charge in [0.15, 0.2) is 0 Å². The summed E-state index contributed by atoms with van der Waals surface area (Å²) in [4.78, 5) is 9.00. The summed E-state index contributed by atoms with van der Waals surface area (Å²) in [7, 11) is -3.82. The lowest BCUT2D eigenvalue weighted by molar-refractivity contribution is -0.141. The van der Waals surface area contributed by atoms with Crippen LogP contribution in [0, 0.1) is 0 Å². The Balaban J connectivity index is 1.21. The Morgan fingerprint density at radius 1 is 1.00 bits per heavy atom. The lowest BCUT2D eigenvalue weighted by Crippen LogP contribution is -2.38. The quantitative estimate of drug-likeness (QED) is 0.517. The predicted molar refractivity (Wildman–Crippen MR) is 134 cm³/mol. The first-order chi connectivity index (χ1) is 17.2. The number of nitrogens with one attached hydrogen (secondary N) is 1. The Labute approximate surface area is 211 Å². The number of nitrogens with zero attached hydrogens (tertiary/aromatic N) is 4. The first kappa shape index (κ1) is 24.9. The van der Waals surface area contributed by atoms with Crippen molar-refractivity contribution in [3.05, 3.63) is 65.3 Å². The summed E-state index contributed by atoms with van der Waals surface area (Å²) in [6, 6.07) is 11.7. The second-order valence-electron chi connectivity index (χ2n) is 8.78. The minimum atomic E-state index is -4.45. The molecule has 36 heavy (non-hydrogen) atoms. The summed E-state index contributed by atoms with van der Waals surface area (Å²) in [6.45, 7) is 3.78. The molecular formula is C24H24F3N5O2S2. The van der Waals surface area contributed by atoms with Crippen LogP contribution >= 0.6 is 11.3 Å². The maximum Gasteiger partial charge on any atom is 0.433 e. The van der Waals surface area contributed by atoms with Gasteiger partial charge in [-0.3, -0.25) is 14.8 Å². The second kappa shape index (κ2) is 9.92. The molecule has 5 rings (SSSR count). The van der Waals surface area contributed by atoms with Crippen molar-refractivity contribution in [3.8, 4) is 10.4 Å². The molecular weight excluding hydrogens is 511 g/mol. The monoisotopic (exact) mass is 535 g/mol. The Kier molecular flexibility index (Phi) is 6.86. The average Bonchev–Trinajstić information content (AvgIpc) is 3.28. The van der Waals surface area contributed by atoms with E-state index in [2.05, 4.69) is 24.5 Å². The molecule has 1 saturated heterocycles. The molecule has 0 unspecified atom stereocenters.